The number of nitrogens with one attached hydrogen (secondary N) is 1. The van der Waals surface area contributed by atoms with E-state index in [9.17, 15) is 4.79 Å². The average molecular weight is 301 g/mol. The van der Waals surface area contributed by atoms with E-state index in [-0.39, 0.29) is 5.56 Å². The van der Waals surface area contributed by atoms with E-state index in [0.29, 0.717) is 5.39 Å². The summed E-state index contributed by atoms with van der Waals surface area (Å²) in [7, 11) is 0. The minimum absolute atomic E-state index is 0.165. The maximum Gasteiger partial charge on any atom is 0.272 e. The van der Waals surface area contributed by atoms with Crippen LogP contribution in [-0.4, -0.2) is 10.2 Å². The number of H-pyrrole nitrogens is 1. The van der Waals surface area contributed by atoms with Crippen LogP contribution in [0.5, 0.6) is 0 Å². The summed E-state index contributed by atoms with van der Waals surface area (Å²) in [6.45, 7) is 0. The van der Waals surface area contributed by atoms with Crippen LogP contribution in [0.2, 0.25) is 0 Å². The number of rotatable bonds is 1. The molecule has 18 heavy (non-hydrogen) atoms. The third-order valence-electron chi connectivity index (χ3n) is 2.83. The number of aromatic nitrogens is 2. The molecular weight excluding hydrogens is 292 g/mol. The quantitative estimate of drug-likeness (QED) is 0.749. The van der Waals surface area contributed by atoms with Crippen LogP contribution < -0.4 is 5.56 Å². The number of nitrogens with zero attached hydrogens (tertiary/aromatic N) is 1. The first-order valence-electron chi connectivity index (χ1n) is 5.50. The number of hydrogen-bond acceptors (Lipinski definition) is 2. The molecule has 0 fully saturated rings. The molecule has 0 spiro atoms. The molecule has 3 rings (SSSR count). The van der Waals surface area contributed by atoms with Crippen LogP contribution in [0, 0.1) is 0 Å². The van der Waals surface area contributed by atoms with Gasteiger partial charge in [-0.1, -0.05) is 52.3 Å². The molecule has 0 bridgehead atoms. The van der Waals surface area contributed by atoms with Crippen molar-refractivity contribution >= 4 is 26.7 Å². The van der Waals surface area contributed by atoms with E-state index in [1.807, 2.05) is 42.5 Å². The summed E-state index contributed by atoms with van der Waals surface area (Å²) in [5, 5.41) is 8.22. The van der Waals surface area contributed by atoms with Gasteiger partial charge in [0.15, 0.2) is 0 Å². The Labute approximate surface area is 112 Å². The Balaban J connectivity index is 2.41. The first-order valence-corrected chi connectivity index (χ1v) is 6.29. The third kappa shape index (κ3) is 1.75. The lowest BCUT2D eigenvalue weighted by molar-refractivity contribution is 1.02. The molecule has 0 aliphatic heterocycles. The molecule has 3 nitrogen and oxygen atoms in total. The van der Waals surface area contributed by atoms with Gasteiger partial charge in [-0.3, -0.25) is 4.79 Å². The lowest BCUT2D eigenvalue weighted by Gasteiger charge is -2.06. The lowest BCUT2D eigenvalue weighted by Crippen LogP contribution is -2.09. The SMILES string of the molecule is O=c1[nH]nc(-c2ccccc2Br)c2ccccc12. The van der Waals surface area contributed by atoms with Gasteiger partial charge >= 0.3 is 0 Å². The second kappa shape index (κ2) is 4.38. The molecule has 0 amide bonds. The van der Waals surface area contributed by atoms with E-state index in [1.54, 1.807) is 6.07 Å². The number of benzene rings is 2. The second-order valence-electron chi connectivity index (χ2n) is 3.93. The Bertz CT molecular complexity index is 780. The Morgan fingerprint density at radius 1 is 0.944 bits per heavy atom. The standard InChI is InChI=1S/C14H9BrN2O/c15-12-8-4-3-7-11(12)13-9-5-1-2-6-10(9)14(18)17-16-13/h1-8H,(H,17,18). The summed E-state index contributed by atoms with van der Waals surface area (Å²) in [5.74, 6) is 0. The minimum atomic E-state index is -0.165. The van der Waals surface area contributed by atoms with Gasteiger partial charge in [0.1, 0.15) is 0 Å². The molecule has 4 heteroatoms. The van der Waals surface area contributed by atoms with E-state index >= 15 is 0 Å². The van der Waals surface area contributed by atoms with Gasteiger partial charge in [-0.2, -0.15) is 5.10 Å². The van der Waals surface area contributed by atoms with E-state index in [0.717, 1.165) is 21.1 Å². The molecule has 88 valence electrons. The van der Waals surface area contributed by atoms with Crippen molar-refractivity contribution in [3.63, 3.8) is 0 Å². The van der Waals surface area contributed by atoms with Crippen molar-refractivity contribution in [1.82, 2.24) is 10.2 Å². The maximum absolute atomic E-state index is 11.7. The highest BCUT2D eigenvalue weighted by molar-refractivity contribution is 9.10. The third-order valence-corrected chi connectivity index (χ3v) is 3.52. The van der Waals surface area contributed by atoms with Crippen molar-refractivity contribution in [3.05, 3.63) is 63.4 Å². The van der Waals surface area contributed by atoms with Gasteiger partial charge in [0.25, 0.3) is 5.56 Å². The molecule has 0 aliphatic rings. The molecule has 0 saturated carbocycles. The summed E-state index contributed by atoms with van der Waals surface area (Å²) in [5.41, 5.74) is 1.57. The summed E-state index contributed by atoms with van der Waals surface area (Å²) < 4.78 is 0.953. The molecular formula is C14H9BrN2O. The van der Waals surface area contributed by atoms with E-state index < -0.39 is 0 Å². The van der Waals surface area contributed by atoms with Crippen molar-refractivity contribution < 1.29 is 0 Å². The molecule has 0 atom stereocenters. The average Bonchev–Trinajstić information content (AvgIpc) is 2.41. The van der Waals surface area contributed by atoms with Crippen molar-refractivity contribution in [2.75, 3.05) is 0 Å². The van der Waals surface area contributed by atoms with Crippen LogP contribution >= 0.6 is 15.9 Å². The van der Waals surface area contributed by atoms with Gasteiger partial charge in [0.05, 0.1) is 11.1 Å². The number of fused-ring (bicyclic) bond motifs is 1. The predicted octanol–water partition coefficient (Wildman–Crippen LogP) is 3.35. The summed E-state index contributed by atoms with van der Waals surface area (Å²) >= 11 is 3.51. The van der Waals surface area contributed by atoms with Crippen LogP contribution in [0.1, 0.15) is 0 Å². The second-order valence-corrected chi connectivity index (χ2v) is 4.78. The number of hydrogen-bond donors (Lipinski definition) is 1. The van der Waals surface area contributed by atoms with Crippen LogP contribution in [0.4, 0.5) is 0 Å². The fourth-order valence-electron chi connectivity index (χ4n) is 1.97. The molecule has 1 N–H and O–H groups in total. The molecule has 0 aliphatic carbocycles. The van der Waals surface area contributed by atoms with Gasteiger partial charge in [0, 0.05) is 15.4 Å². The number of aromatic amines is 1. The van der Waals surface area contributed by atoms with E-state index in [1.165, 1.54) is 0 Å². The smallest absolute Gasteiger partial charge is 0.267 e. The summed E-state index contributed by atoms with van der Waals surface area (Å²) in [4.78, 5) is 11.7. The molecule has 2 aromatic carbocycles. The van der Waals surface area contributed by atoms with Crippen molar-refractivity contribution in [1.29, 1.82) is 0 Å². The largest absolute Gasteiger partial charge is 0.272 e. The van der Waals surface area contributed by atoms with Gasteiger partial charge in [-0.15, -0.1) is 0 Å². The van der Waals surface area contributed by atoms with Crippen molar-refractivity contribution in [2.24, 2.45) is 0 Å². The molecule has 0 radical (unpaired) electrons. The Morgan fingerprint density at radius 3 is 2.39 bits per heavy atom. The minimum Gasteiger partial charge on any atom is -0.267 e. The molecule has 0 unspecified atom stereocenters. The Hall–Kier alpha value is -1.94. The highest BCUT2D eigenvalue weighted by Gasteiger charge is 2.10. The van der Waals surface area contributed by atoms with Crippen LogP contribution in [0.15, 0.2) is 57.8 Å². The van der Waals surface area contributed by atoms with Gasteiger partial charge in [-0.25, -0.2) is 5.10 Å². The van der Waals surface area contributed by atoms with Gasteiger partial charge in [0.2, 0.25) is 0 Å². The van der Waals surface area contributed by atoms with E-state index in [4.69, 9.17) is 0 Å². The first kappa shape index (κ1) is 11.2. The highest BCUT2D eigenvalue weighted by Crippen LogP contribution is 2.30. The fourth-order valence-corrected chi connectivity index (χ4v) is 2.45. The van der Waals surface area contributed by atoms with Gasteiger partial charge < -0.3 is 0 Å². The summed E-state index contributed by atoms with van der Waals surface area (Å²) in [6, 6.07) is 15.3. The van der Waals surface area contributed by atoms with Crippen LogP contribution in [-0.2, 0) is 0 Å². The van der Waals surface area contributed by atoms with Gasteiger partial charge in [-0.05, 0) is 12.1 Å². The molecule has 1 heterocycles. The molecule has 1 aromatic heterocycles. The highest BCUT2D eigenvalue weighted by atomic mass is 79.9. The monoisotopic (exact) mass is 300 g/mol. The zero-order valence-corrected chi connectivity index (χ0v) is 10.9. The lowest BCUT2D eigenvalue weighted by atomic mass is 10.1. The Kier molecular flexibility index (Phi) is 2.72. The topological polar surface area (TPSA) is 45.8 Å². The Morgan fingerprint density at radius 2 is 1.61 bits per heavy atom. The zero-order chi connectivity index (χ0) is 12.5. The maximum atomic E-state index is 11.7. The van der Waals surface area contributed by atoms with Crippen LogP contribution in [0.3, 0.4) is 0 Å². The number of halogens is 1. The summed E-state index contributed by atoms with van der Waals surface area (Å²) in [6.07, 6.45) is 0. The normalized spacial score (nSPS) is 10.7. The van der Waals surface area contributed by atoms with E-state index in [2.05, 4.69) is 26.1 Å². The first-order chi connectivity index (χ1) is 8.77. The van der Waals surface area contributed by atoms with Crippen molar-refractivity contribution in [2.45, 2.75) is 0 Å². The molecule has 3 aromatic rings. The van der Waals surface area contributed by atoms with Crippen LogP contribution in [0.25, 0.3) is 22.0 Å². The van der Waals surface area contributed by atoms with Crippen molar-refractivity contribution in [3.8, 4) is 11.3 Å². The molecule has 0 saturated heterocycles. The predicted molar refractivity (Wildman–Crippen MR) is 75.5 cm³/mol. The fraction of sp³-hybridized carbons (Fsp3) is 0. The zero-order valence-electron chi connectivity index (χ0n) is 9.35.